The lowest BCUT2D eigenvalue weighted by molar-refractivity contribution is -0.295. The predicted molar refractivity (Wildman–Crippen MR) is 45.2 cm³/mol. The van der Waals surface area contributed by atoms with Crippen LogP contribution in [0.3, 0.4) is 0 Å². The van der Waals surface area contributed by atoms with Crippen molar-refractivity contribution in [3.05, 3.63) is 17.5 Å². The molecule has 1 aliphatic rings. The van der Waals surface area contributed by atoms with E-state index < -0.39 is 12.5 Å². The maximum Gasteiger partial charge on any atom is 0.576 e. The number of aromatic amines is 1. The number of amides is 1. The highest BCUT2D eigenvalue weighted by atomic mass is 19.4. The number of carbonyl (C=O) groups is 1. The Labute approximate surface area is 88.2 Å². The van der Waals surface area contributed by atoms with Crippen LogP contribution in [0.25, 0.3) is 0 Å². The van der Waals surface area contributed by atoms with Gasteiger partial charge in [0.1, 0.15) is 0 Å². The van der Waals surface area contributed by atoms with E-state index in [0.717, 1.165) is 10.5 Å². The Kier molecular flexibility index (Phi) is 2.49. The summed E-state index contributed by atoms with van der Waals surface area (Å²) in [6.07, 6.45) is -4.25. The molecule has 0 saturated heterocycles. The van der Waals surface area contributed by atoms with Crippen LogP contribution in [0.4, 0.5) is 18.0 Å². The number of alkyl halides is 3. The Morgan fingerprint density at radius 2 is 2.31 bits per heavy atom. The van der Waals surface area contributed by atoms with Crippen LogP contribution in [0.1, 0.15) is 11.3 Å². The van der Waals surface area contributed by atoms with Gasteiger partial charge in [0.05, 0.1) is 18.4 Å². The van der Waals surface area contributed by atoms with Crippen molar-refractivity contribution in [2.45, 2.75) is 19.3 Å². The van der Waals surface area contributed by atoms with Crippen LogP contribution in [-0.4, -0.2) is 34.1 Å². The van der Waals surface area contributed by atoms with E-state index in [1.54, 1.807) is 6.20 Å². The molecule has 16 heavy (non-hydrogen) atoms. The largest absolute Gasteiger partial charge is 0.576 e. The first-order chi connectivity index (χ1) is 7.46. The normalized spacial score (nSPS) is 15.8. The van der Waals surface area contributed by atoms with E-state index in [2.05, 4.69) is 14.9 Å². The first-order valence-electron chi connectivity index (χ1n) is 4.51. The molecule has 1 N–H and O–H groups in total. The van der Waals surface area contributed by atoms with Crippen LogP contribution in [0.15, 0.2) is 6.20 Å². The zero-order chi connectivity index (χ0) is 11.8. The highest BCUT2D eigenvalue weighted by molar-refractivity contribution is 5.68. The van der Waals surface area contributed by atoms with Gasteiger partial charge in [-0.3, -0.25) is 5.10 Å². The minimum absolute atomic E-state index is 0.0598. The maximum atomic E-state index is 11.8. The zero-order valence-corrected chi connectivity index (χ0v) is 8.04. The second-order valence-electron chi connectivity index (χ2n) is 3.36. The number of hydrogen-bond acceptors (Lipinski definition) is 3. The molecular formula is C8H8F3N3O2. The fraction of sp³-hybridized carbons (Fsp3) is 0.500. The highest BCUT2D eigenvalue weighted by Gasteiger charge is 2.36. The van der Waals surface area contributed by atoms with Gasteiger partial charge < -0.3 is 9.64 Å². The lowest BCUT2D eigenvalue weighted by Gasteiger charge is -2.25. The van der Waals surface area contributed by atoms with Crippen molar-refractivity contribution in [1.82, 2.24) is 15.1 Å². The molecular weight excluding hydrogens is 227 g/mol. The van der Waals surface area contributed by atoms with Crippen LogP contribution in [0, 0.1) is 0 Å². The van der Waals surface area contributed by atoms with Gasteiger partial charge in [0.25, 0.3) is 0 Å². The van der Waals surface area contributed by atoms with Crippen LogP contribution in [-0.2, 0) is 17.7 Å². The third-order valence-corrected chi connectivity index (χ3v) is 2.27. The number of nitrogens with one attached hydrogen (secondary N) is 1. The number of fused-ring (bicyclic) bond motifs is 1. The summed E-state index contributed by atoms with van der Waals surface area (Å²) in [6, 6.07) is 0. The Bertz CT molecular complexity index is 401. The Morgan fingerprint density at radius 3 is 3.00 bits per heavy atom. The molecule has 88 valence electrons. The lowest BCUT2D eigenvalue weighted by Crippen LogP contribution is -2.38. The standard InChI is InChI=1S/C8H8F3N3O2/c9-8(10,11)16-7(15)14-2-1-5-3-12-13-6(5)4-14/h3H,1-2,4H2,(H,12,13). The molecule has 0 fully saturated rings. The van der Waals surface area contributed by atoms with Crippen molar-refractivity contribution in [2.24, 2.45) is 0 Å². The third-order valence-electron chi connectivity index (χ3n) is 2.27. The summed E-state index contributed by atoms with van der Waals surface area (Å²) in [5.41, 5.74) is 1.56. The molecule has 2 heterocycles. The van der Waals surface area contributed by atoms with E-state index in [1.165, 1.54) is 0 Å². The Hall–Kier alpha value is -1.73. The lowest BCUT2D eigenvalue weighted by atomic mass is 10.1. The molecule has 1 aromatic heterocycles. The Balaban J connectivity index is 2.01. The van der Waals surface area contributed by atoms with Crippen LogP contribution >= 0.6 is 0 Å². The van der Waals surface area contributed by atoms with Gasteiger partial charge in [-0.05, 0) is 12.0 Å². The molecule has 1 amide bonds. The van der Waals surface area contributed by atoms with Crippen molar-refractivity contribution in [1.29, 1.82) is 0 Å². The number of halogens is 3. The van der Waals surface area contributed by atoms with Crippen molar-refractivity contribution in [3.63, 3.8) is 0 Å². The van der Waals surface area contributed by atoms with E-state index in [-0.39, 0.29) is 13.1 Å². The number of H-pyrrole nitrogens is 1. The number of nitrogens with zero attached hydrogens (tertiary/aromatic N) is 2. The average molecular weight is 235 g/mol. The monoisotopic (exact) mass is 235 g/mol. The van der Waals surface area contributed by atoms with E-state index >= 15 is 0 Å². The Morgan fingerprint density at radius 1 is 1.56 bits per heavy atom. The molecule has 8 heteroatoms. The van der Waals surface area contributed by atoms with Gasteiger partial charge in [-0.15, -0.1) is 13.2 Å². The predicted octanol–water partition coefficient (Wildman–Crippen LogP) is 1.42. The summed E-state index contributed by atoms with van der Waals surface area (Å²) in [7, 11) is 0. The van der Waals surface area contributed by atoms with Crippen molar-refractivity contribution in [2.75, 3.05) is 6.54 Å². The molecule has 0 aromatic carbocycles. The third kappa shape index (κ3) is 2.26. The molecule has 0 bridgehead atoms. The molecule has 0 saturated carbocycles. The average Bonchev–Trinajstić information content (AvgIpc) is 2.61. The molecule has 1 aliphatic heterocycles. The fourth-order valence-electron chi connectivity index (χ4n) is 1.53. The van der Waals surface area contributed by atoms with Gasteiger partial charge in [-0.2, -0.15) is 5.10 Å². The fourth-order valence-corrected chi connectivity index (χ4v) is 1.53. The first-order valence-corrected chi connectivity index (χ1v) is 4.51. The van der Waals surface area contributed by atoms with Crippen LogP contribution in [0.2, 0.25) is 0 Å². The molecule has 0 aliphatic carbocycles. The minimum Gasteiger partial charge on any atom is -0.356 e. The smallest absolute Gasteiger partial charge is 0.356 e. The highest BCUT2D eigenvalue weighted by Crippen LogP contribution is 2.21. The van der Waals surface area contributed by atoms with Gasteiger partial charge in [0.2, 0.25) is 0 Å². The molecule has 2 rings (SSSR count). The summed E-state index contributed by atoms with van der Waals surface area (Å²) >= 11 is 0. The zero-order valence-electron chi connectivity index (χ0n) is 8.04. The summed E-state index contributed by atoms with van der Waals surface area (Å²) < 4.78 is 38.7. The van der Waals surface area contributed by atoms with Gasteiger partial charge in [0, 0.05) is 6.54 Å². The second kappa shape index (κ2) is 3.69. The minimum atomic E-state index is -4.94. The molecule has 5 nitrogen and oxygen atoms in total. The molecule has 0 radical (unpaired) electrons. The second-order valence-corrected chi connectivity index (χ2v) is 3.36. The SMILES string of the molecule is O=C(OC(F)(F)F)N1CCc2cn[nH]c2C1. The quantitative estimate of drug-likeness (QED) is 0.739. The molecule has 0 spiro atoms. The number of ether oxygens (including phenoxy) is 1. The number of aromatic nitrogens is 2. The van der Waals surface area contributed by atoms with E-state index in [1.807, 2.05) is 0 Å². The van der Waals surface area contributed by atoms with Crippen molar-refractivity contribution >= 4 is 6.09 Å². The van der Waals surface area contributed by atoms with Gasteiger partial charge >= 0.3 is 12.5 Å². The first kappa shape index (κ1) is 10.8. The summed E-state index contributed by atoms with van der Waals surface area (Å²) in [5, 5.41) is 6.37. The summed E-state index contributed by atoms with van der Waals surface area (Å²) in [6.45, 7) is 0.256. The summed E-state index contributed by atoms with van der Waals surface area (Å²) in [5.74, 6) is 0. The molecule has 0 atom stereocenters. The summed E-state index contributed by atoms with van der Waals surface area (Å²) in [4.78, 5) is 12.1. The molecule has 1 aromatic rings. The van der Waals surface area contributed by atoms with Crippen molar-refractivity contribution < 1.29 is 22.7 Å². The topological polar surface area (TPSA) is 58.2 Å². The van der Waals surface area contributed by atoms with Crippen LogP contribution in [0.5, 0.6) is 0 Å². The number of rotatable bonds is 0. The van der Waals surface area contributed by atoms with Gasteiger partial charge in [-0.25, -0.2) is 4.79 Å². The van der Waals surface area contributed by atoms with Gasteiger partial charge in [0.15, 0.2) is 0 Å². The maximum absolute atomic E-state index is 11.8. The van der Waals surface area contributed by atoms with Gasteiger partial charge in [-0.1, -0.05) is 0 Å². The number of carbonyl (C=O) groups excluding carboxylic acids is 1. The van der Waals surface area contributed by atoms with E-state index in [9.17, 15) is 18.0 Å². The van der Waals surface area contributed by atoms with Crippen molar-refractivity contribution in [3.8, 4) is 0 Å². The van der Waals surface area contributed by atoms with E-state index in [0.29, 0.717) is 12.1 Å². The van der Waals surface area contributed by atoms with Crippen LogP contribution < -0.4 is 0 Å². The van der Waals surface area contributed by atoms with E-state index in [4.69, 9.17) is 0 Å². The number of hydrogen-bond donors (Lipinski definition) is 1. The molecule has 0 unspecified atom stereocenters.